The SMILES string of the molecule is C=C1CC[C@H](OC)[C@@]23[C@@H]4C[C@H]5[C@H](OC)[C@@H]4[C@]4(C[C@@H]5OC)C(=O)[C@@H]([C@H]12)N(CC)[C@H]43. The van der Waals surface area contributed by atoms with Gasteiger partial charge in [0.2, 0.25) is 0 Å². The van der Waals surface area contributed by atoms with Crippen LogP contribution >= 0.6 is 0 Å². The molecular formula is C23H33NO4. The molecule has 5 heteroatoms. The zero-order chi connectivity index (χ0) is 19.6. The Balaban J connectivity index is 1.64. The number of ether oxygens (including phenoxy) is 3. The van der Waals surface area contributed by atoms with Gasteiger partial charge in [-0.1, -0.05) is 19.1 Å². The van der Waals surface area contributed by atoms with Gasteiger partial charge in [0.05, 0.1) is 29.8 Å². The van der Waals surface area contributed by atoms with E-state index in [2.05, 4.69) is 18.4 Å². The molecule has 2 spiro atoms. The van der Waals surface area contributed by atoms with Gasteiger partial charge in [0.25, 0.3) is 0 Å². The Bertz CT molecular complexity index is 753. The maximum Gasteiger partial charge on any atom is 0.158 e. The van der Waals surface area contributed by atoms with Crippen LogP contribution in [0.4, 0.5) is 0 Å². The fourth-order valence-electron chi connectivity index (χ4n) is 9.94. The smallest absolute Gasteiger partial charge is 0.158 e. The lowest BCUT2D eigenvalue weighted by atomic mass is 9.50. The predicted octanol–water partition coefficient (Wildman–Crippen LogP) is 2.30. The van der Waals surface area contributed by atoms with Crippen LogP contribution in [0.5, 0.6) is 0 Å². The van der Waals surface area contributed by atoms with Gasteiger partial charge in [-0.3, -0.25) is 9.69 Å². The second-order valence-corrected chi connectivity index (χ2v) is 10.2. The molecule has 0 N–H and O–H groups in total. The van der Waals surface area contributed by atoms with E-state index in [9.17, 15) is 4.79 Å². The molecule has 2 saturated heterocycles. The highest BCUT2D eigenvalue weighted by atomic mass is 16.5. The van der Waals surface area contributed by atoms with E-state index in [4.69, 9.17) is 14.2 Å². The second kappa shape index (κ2) is 5.48. The molecule has 11 atom stereocenters. The van der Waals surface area contributed by atoms with Crippen molar-refractivity contribution in [2.45, 2.75) is 63.0 Å². The van der Waals surface area contributed by atoms with E-state index in [0.29, 0.717) is 23.5 Å². The Hall–Kier alpha value is -0.750. The third-order valence-corrected chi connectivity index (χ3v) is 10.2. The molecule has 0 aromatic carbocycles. The largest absolute Gasteiger partial charge is 0.381 e. The average molecular weight is 388 g/mol. The first-order valence-corrected chi connectivity index (χ1v) is 11.1. The minimum Gasteiger partial charge on any atom is -0.381 e. The van der Waals surface area contributed by atoms with E-state index >= 15 is 0 Å². The number of carbonyl (C=O) groups is 1. The maximum absolute atomic E-state index is 14.2. The summed E-state index contributed by atoms with van der Waals surface area (Å²) in [5.74, 6) is 1.88. The number of methoxy groups -OCH3 is 3. The van der Waals surface area contributed by atoms with Crippen molar-refractivity contribution in [1.29, 1.82) is 0 Å². The van der Waals surface area contributed by atoms with Crippen LogP contribution in [0.2, 0.25) is 0 Å². The molecule has 0 unspecified atom stereocenters. The van der Waals surface area contributed by atoms with Gasteiger partial charge < -0.3 is 14.2 Å². The van der Waals surface area contributed by atoms with Gasteiger partial charge in [0.1, 0.15) is 0 Å². The van der Waals surface area contributed by atoms with Crippen LogP contribution in [0.25, 0.3) is 0 Å². The monoisotopic (exact) mass is 387 g/mol. The zero-order valence-corrected chi connectivity index (χ0v) is 17.5. The summed E-state index contributed by atoms with van der Waals surface area (Å²) in [4.78, 5) is 16.7. The van der Waals surface area contributed by atoms with Crippen molar-refractivity contribution in [3.63, 3.8) is 0 Å². The van der Waals surface area contributed by atoms with Crippen molar-refractivity contribution in [3.8, 4) is 0 Å². The summed E-state index contributed by atoms with van der Waals surface area (Å²) in [6, 6.07) is 0.235. The number of likely N-dealkylation sites (N-methyl/N-ethyl adjacent to an activating group) is 1. The van der Waals surface area contributed by atoms with E-state index in [1.807, 2.05) is 21.3 Å². The third-order valence-electron chi connectivity index (χ3n) is 10.2. The molecule has 0 radical (unpaired) electrons. The number of nitrogens with zero attached hydrogens (tertiary/aromatic N) is 1. The van der Waals surface area contributed by atoms with Gasteiger partial charge in [0.15, 0.2) is 5.78 Å². The van der Waals surface area contributed by atoms with Crippen LogP contribution < -0.4 is 0 Å². The van der Waals surface area contributed by atoms with E-state index < -0.39 is 0 Å². The Kier molecular flexibility index (Phi) is 3.54. The molecule has 154 valence electrons. The topological polar surface area (TPSA) is 48.0 Å². The summed E-state index contributed by atoms with van der Waals surface area (Å²) < 4.78 is 18.4. The van der Waals surface area contributed by atoms with Crippen LogP contribution in [-0.4, -0.2) is 69.0 Å². The van der Waals surface area contributed by atoms with E-state index in [0.717, 1.165) is 32.2 Å². The number of rotatable bonds is 4. The van der Waals surface area contributed by atoms with Crippen LogP contribution in [0, 0.1) is 34.5 Å². The molecule has 6 fully saturated rings. The maximum atomic E-state index is 14.2. The Labute approximate surface area is 167 Å². The molecule has 5 nitrogen and oxygen atoms in total. The van der Waals surface area contributed by atoms with Crippen molar-refractivity contribution < 1.29 is 19.0 Å². The van der Waals surface area contributed by atoms with Crippen molar-refractivity contribution in [2.24, 2.45) is 34.5 Å². The van der Waals surface area contributed by atoms with Gasteiger partial charge in [-0.2, -0.15) is 0 Å². The number of hydrogen-bond acceptors (Lipinski definition) is 5. The van der Waals surface area contributed by atoms with Gasteiger partial charge in [-0.15, -0.1) is 0 Å². The summed E-state index contributed by atoms with van der Waals surface area (Å²) in [6.07, 6.45) is 4.45. The summed E-state index contributed by atoms with van der Waals surface area (Å²) in [6.45, 7) is 7.65. The Morgan fingerprint density at radius 2 is 2.00 bits per heavy atom. The van der Waals surface area contributed by atoms with Crippen LogP contribution in [-0.2, 0) is 19.0 Å². The number of ketones is 1. The molecule has 28 heavy (non-hydrogen) atoms. The lowest BCUT2D eigenvalue weighted by molar-refractivity contribution is -0.159. The van der Waals surface area contributed by atoms with Crippen molar-refractivity contribution in [1.82, 2.24) is 4.90 Å². The minimum absolute atomic E-state index is 0.0161. The van der Waals surface area contributed by atoms with Crippen molar-refractivity contribution in [3.05, 3.63) is 12.2 Å². The van der Waals surface area contributed by atoms with Crippen molar-refractivity contribution >= 4 is 5.78 Å². The first-order chi connectivity index (χ1) is 13.5. The summed E-state index contributed by atoms with van der Waals surface area (Å²) >= 11 is 0. The molecule has 2 heterocycles. The molecule has 4 bridgehead atoms. The molecule has 0 aromatic rings. The van der Waals surface area contributed by atoms with Gasteiger partial charge in [-0.05, 0) is 38.1 Å². The lowest BCUT2D eigenvalue weighted by Gasteiger charge is -2.55. The molecule has 0 aromatic heterocycles. The first-order valence-electron chi connectivity index (χ1n) is 11.1. The predicted molar refractivity (Wildman–Crippen MR) is 104 cm³/mol. The number of Topliss-reactive ketones (excluding diaryl/α,β-unsaturated/α-hetero) is 1. The standard InChI is InChI=1S/C23H33NO4/c1-6-24-18-16-11(2)7-8-15(27-4)23(16)13-9-12-14(26-3)10-22(20(18)25,21(23)24)17(13)19(12)28-5/h12-19,21H,2,6-10H2,1,3-5H3/t12-,13-,14+,15+,16+,17-,18-,19+,21-,22-,23+/m1/s1. The molecule has 2 aliphatic heterocycles. The number of hydrogen-bond donors (Lipinski definition) is 0. The lowest BCUT2D eigenvalue weighted by Crippen LogP contribution is -2.62. The van der Waals surface area contributed by atoms with Crippen LogP contribution in [0.15, 0.2) is 12.2 Å². The molecule has 4 aliphatic carbocycles. The van der Waals surface area contributed by atoms with Gasteiger partial charge in [0, 0.05) is 50.5 Å². The highest BCUT2D eigenvalue weighted by Gasteiger charge is 2.90. The summed E-state index contributed by atoms with van der Waals surface area (Å²) in [7, 11) is 5.53. The molecule has 6 aliphatic rings. The second-order valence-electron chi connectivity index (χ2n) is 10.2. The van der Waals surface area contributed by atoms with Crippen LogP contribution in [0.3, 0.4) is 0 Å². The van der Waals surface area contributed by atoms with E-state index in [-0.39, 0.29) is 47.1 Å². The van der Waals surface area contributed by atoms with Crippen molar-refractivity contribution in [2.75, 3.05) is 27.9 Å². The van der Waals surface area contributed by atoms with Crippen LogP contribution in [0.1, 0.15) is 32.6 Å². The first kappa shape index (κ1) is 18.1. The Morgan fingerprint density at radius 1 is 1.21 bits per heavy atom. The molecule has 6 rings (SSSR count). The normalized spacial score (nSPS) is 58.6. The fraction of sp³-hybridized carbons (Fsp3) is 0.870. The van der Waals surface area contributed by atoms with E-state index in [1.54, 1.807) is 0 Å². The number of fused-ring (bicyclic) bond motifs is 3. The zero-order valence-electron chi connectivity index (χ0n) is 17.5. The van der Waals surface area contributed by atoms with Gasteiger partial charge in [-0.25, -0.2) is 0 Å². The molecule has 4 saturated carbocycles. The summed E-state index contributed by atoms with van der Waals surface area (Å²) in [5, 5.41) is 0. The third kappa shape index (κ3) is 1.51. The highest BCUT2D eigenvalue weighted by molar-refractivity contribution is 5.97. The minimum atomic E-state index is -0.329. The highest BCUT2D eigenvalue weighted by Crippen LogP contribution is 2.82. The fourth-order valence-corrected chi connectivity index (χ4v) is 9.94. The average Bonchev–Trinajstić information content (AvgIpc) is 3.31. The number of carbonyl (C=O) groups excluding carboxylic acids is 1. The quantitative estimate of drug-likeness (QED) is 0.693. The van der Waals surface area contributed by atoms with Gasteiger partial charge >= 0.3 is 0 Å². The summed E-state index contributed by atoms with van der Waals surface area (Å²) in [5.41, 5.74) is 0.987. The molecule has 0 amide bonds. The van der Waals surface area contributed by atoms with E-state index in [1.165, 1.54) is 5.57 Å². The molecular weight excluding hydrogens is 354 g/mol. The Morgan fingerprint density at radius 3 is 2.64 bits per heavy atom.